The van der Waals surface area contributed by atoms with Crippen molar-refractivity contribution in [1.82, 2.24) is 0 Å². The van der Waals surface area contributed by atoms with Crippen LogP contribution >= 0.6 is 0 Å². The predicted molar refractivity (Wildman–Crippen MR) is 217 cm³/mol. The Morgan fingerprint density at radius 1 is 0.647 bits per heavy atom. The summed E-state index contributed by atoms with van der Waals surface area (Å²) in [5.74, 6) is 0.573. The van der Waals surface area contributed by atoms with E-state index in [1.165, 1.54) is 85.3 Å². The maximum Gasteiger partial charge on any atom is 4.00 e. The largest absolute Gasteiger partial charge is 4.00 e. The summed E-state index contributed by atoms with van der Waals surface area (Å²) in [7, 11) is 0.750. The Morgan fingerprint density at radius 2 is 1.20 bits per heavy atom. The summed E-state index contributed by atoms with van der Waals surface area (Å²) in [5.41, 5.74) is 14.7. The van der Waals surface area contributed by atoms with E-state index in [2.05, 4.69) is 172 Å². The van der Waals surface area contributed by atoms with Crippen LogP contribution in [0.3, 0.4) is 0 Å². The fraction of sp³-hybridized carbons (Fsp3) is 0.362. The van der Waals surface area contributed by atoms with E-state index < -0.39 is 0 Å². The average molecular weight is 812 g/mol. The summed E-state index contributed by atoms with van der Waals surface area (Å²) in [6.07, 6.45) is 3.77. The number of halogens is 2. The zero-order valence-corrected chi connectivity index (χ0v) is 37.9. The van der Waals surface area contributed by atoms with Gasteiger partial charge in [-0.15, -0.1) is 63.0 Å². The van der Waals surface area contributed by atoms with E-state index in [1.54, 1.807) is 11.1 Å². The monoisotopic (exact) mass is 809 g/mol. The third kappa shape index (κ3) is 10.5. The normalized spacial score (nSPS) is 12.2. The minimum absolute atomic E-state index is 0. The van der Waals surface area contributed by atoms with Gasteiger partial charge >= 0.3 is 26.2 Å². The molecule has 0 heterocycles. The van der Waals surface area contributed by atoms with Gasteiger partial charge in [-0.05, 0) is 58.3 Å². The average Bonchev–Trinajstić information content (AvgIpc) is 3.77. The summed E-state index contributed by atoms with van der Waals surface area (Å²) in [5, 5.41) is 5.57. The molecule has 1 aliphatic carbocycles. The van der Waals surface area contributed by atoms with Gasteiger partial charge in [-0.25, -0.2) is 0 Å². The molecule has 0 atom stereocenters. The fourth-order valence-corrected chi connectivity index (χ4v) is 7.03. The van der Waals surface area contributed by atoms with Gasteiger partial charge < -0.3 is 24.8 Å². The van der Waals surface area contributed by atoms with Crippen molar-refractivity contribution in [3.05, 3.63) is 130 Å². The molecular weight excluding hydrogens is 755 g/mol. The molecule has 0 spiro atoms. The van der Waals surface area contributed by atoms with Gasteiger partial charge in [0.1, 0.15) is 0 Å². The topological polar surface area (TPSA) is 0 Å². The van der Waals surface area contributed by atoms with Crippen LogP contribution in [0.2, 0.25) is 13.1 Å². The molecule has 0 N–H and O–H groups in total. The molecule has 0 saturated heterocycles. The van der Waals surface area contributed by atoms with Crippen LogP contribution in [0.25, 0.3) is 43.8 Å². The smallest absolute Gasteiger partial charge is 1.00 e. The molecule has 1 aliphatic rings. The zero-order valence-electron chi connectivity index (χ0n) is 32.8. The summed E-state index contributed by atoms with van der Waals surface area (Å²) in [4.78, 5) is 0. The Hall–Kier alpha value is -2.22. The number of hydrogen-bond donors (Lipinski definition) is 0. The first kappa shape index (κ1) is 44.9. The molecule has 0 amide bonds. The molecule has 1 radical (unpaired) electrons. The van der Waals surface area contributed by atoms with Crippen LogP contribution < -0.4 is 24.8 Å². The maximum absolute atomic E-state index is 2.43. The van der Waals surface area contributed by atoms with Crippen molar-refractivity contribution in [3.63, 3.8) is 0 Å². The van der Waals surface area contributed by atoms with Crippen molar-refractivity contribution in [2.24, 2.45) is 0 Å². The summed E-state index contributed by atoms with van der Waals surface area (Å²) >= 11 is 0. The van der Waals surface area contributed by atoms with Crippen molar-refractivity contribution in [1.29, 1.82) is 0 Å². The maximum atomic E-state index is 2.43. The predicted octanol–water partition coefficient (Wildman–Crippen LogP) is 7.49. The second-order valence-corrected chi connectivity index (χ2v) is 17.4. The first-order valence-corrected chi connectivity index (χ1v) is 20.4. The summed E-state index contributed by atoms with van der Waals surface area (Å²) in [6, 6.07) is 36.8. The van der Waals surface area contributed by atoms with Gasteiger partial charge in [0.2, 0.25) is 0 Å². The number of rotatable bonds is 3. The Kier molecular flexibility index (Phi) is 16.5. The zero-order chi connectivity index (χ0) is 34.8. The third-order valence-electron chi connectivity index (χ3n) is 9.77. The summed E-state index contributed by atoms with van der Waals surface area (Å²) in [6.45, 7) is 24.7. The third-order valence-corrected chi connectivity index (χ3v) is 9.77. The van der Waals surface area contributed by atoms with Gasteiger partial charge in [0, 0.05) is 9.52 Å². The Morgan fingerprint density at radius 3 is 1.73 bits per heavy atom. The van der Waals surface area contributed by atoms with E-state index >= 15 is 0 Å². The molecular formula is C47H57Cl2SiZr. The molecule has 0 fully saturated rings. The van der Waals surface area contributed by atoms with Crippen molar-refractivity contribution in [3.8, 4) is 22.3 Å². The fourth-order valence-electron chi connectivity index (χ4n) is 7.03. The van der Waals surface area contributed by atoms with Crippen molar-refractivity contribution >= 4 is 31.1 Å². The second-order valence-electron chi connectivity index (χ2n) is 16.3. The first-order chi connectivity index (χ1) is 22.7. The van der Waals surface area contributed by atoms with Gasteiger partial charge in [0.15, 0.2) is 0 Å². The van der Waals surface area contributed by atoms with Crippen LogP contribution in [0.5, 0.6) is 0 Å². The standard InChI is InChI=1S/C23H25.C22H25.C2H7Si.2ClH.Zr/c1-15-12-18-14-17-6-5-7-20(17)22(21(18)13-15)16-8-10-19(11-9-16)23(2,3)4;1-15(2)18-13-17-7-6-8-20(21(17)14-18)16-9-11-19(12-10-16)22(3,4)5;1-3-2;;;/h8-14H,5-7H2,1-4H3;6-15H,1-5H3;3H,1-2H3;2*1H;/q2*-1;;;;+4/p-2. The van der Waals surface area contributed by atoms with E-state index in [-0.39, 0.29) is 61.8 Å². The van der Waals surface area contributed by atoms with E-state index in [1.807, 2.05) is 0 Å². The SMILES string of the molecule is CC(C)c1cc2c(-c3ccc(C(C)(C)C)cc3)cccc2[cH-]1.C[SiH]C.Cc1cc2c(-c3ccc(C(C)(C)C)cc3)c3c(cc2[cH-]1)CCC3.[Cl-].[Cl-].[Zr+4]. The first-order valence-electron chi connectivity index (χ1n) is 18.1. The number of aryl methyl sites for hydroxylation is 2. The van der Waals surface area contributed by atoms with E-state index in [9.17, 15) is 0 Å². The van der Waals surface area contributed by atoms with Gasteiger partial charge in [-0.2, -0.15) is 12.1 Å². The minimum Gasteiger partial charge on any atom is -1.00 e. The Labute approximate surface area is 343 Å². The van der Waals surface area contributed by atoms with Crippen molar-refractivity contribution < 1.29 is 51.0 Å². The van der Waals surface area contributed by atoms with E-state index in [0.29, 0.717) is 5.92 Å². The molecule has 0 aromatic heterocycles. The molecule has 0 bridgehead atoms. The molecule has 0 unspecified atom stereocenters. The number of benzene rings is 4. The second kappa shape index (κ2) is 18.7. The van der Waals surface area contributed by atoms with E-state index in [0.717, 1.165) is 9.52 Å². The number of fused-ring (bicyclic) bond motifs is 3. The molecule has 0 aliphatic heterocycles. The number of hydrogen-bond acceptors (Lipinski definition) is 0. The van der Waals surface area contributed by atoms with Crippen molar-refractivity contribution in [2.45, 2.75) is 111 Å². The van der Waals surface area contributed by atoms with Crippen LogP contribution in [0.1, 0.15) is 101 Å². The van der Waals surface area contributed by atoms with Gasteiger partial charge in [-0.1, -0.05) is 152 Å². The van der Waals surface area contributed by atoms with Crippen LogP contribution in [-0.4, -0.2) is 9.52 Å². The van der Waals surface area contributed by atoms with Gasteiger partial charge in [0.05, 0.1) is 0 Å². The Bertz CT molecular complexity index is 1980. The van der Waals surface area contributed by atoms with E-state index in [4.69, 9.17) is 0 Å². The molecule has 6 aromatic rings. The minimum atomic E-state index is 0. The van der Waals surface area contributed by atoms with Crippen LogP contribution in [0.4, 0.5) is 0 Å². The molecule has 4 heteroatoms. The van der Waals surface area contributed by atoms with Crippen LogP contribution in [0, 0.1) is 6.92 Å². The summed E-state index contributed by atoms with van der Waals surface area (Å²) < 4.78 is 0. The quantitative estimate of drug-likeness (QED) is 0.129. The molecule has 0 saturated carbocycles. The van der Waals surface area contributed by atoms with Crippen molar-refractivity contribution in [2.75, 3.05) is 0 Å². The molecule has 0 nitrogen and oxygen atoms in total. The van der Waals surface area contributed by atoms with Crippen LogP contribution in [-0.2, 0) is 49.9 Å². The molecule has 51 heavy (non-hydrogen) atoms. The van der Waals surface area contributed by atoms with Crippen LogP contribution in [0.15, 0.2) is 97.1 Å². The Balaban J connectivity index is 0.000000312. The molecule has 7 rings (SSSR count). The van der Waals surface area contributed by atoms with Gasteiger partial charge in [-0.3, -0.25) is 0 Å². The molecule has 267 valence electrons. The van der Waals surface area contributed by atoms with Gasteiger partial charge in [0.25, 0.3) is 0 Å². The molecule has 6 aromatic carbocycles.